The molecule has 0 unspecified atom stereocenters. The number of H-pyrrole nitrogens is 1. The zero-order chi connectivity index (χ0) is 16.0. The number of nitrogens with zero attached hydrogens (tertiary/aromatic N) is 3. The summed E-state index contributed by atoms with van der Waals surface area (Å²) in [5.41, 5.74) is 3.61. The van der Waals surface area contributed by atoms with Crippen molar-refractivity contribution >= 4 is 38.5 Å². The molecule has 1 aliphatic rings. The summed E-state index contributed by atoms with van der Waals surface area (Å²) < 4.78 is 0. The smallest absolute Gasteiger partial charge is 0.233 e. The topological polar surface area (TPSA) is 73.9 Å². The van der Waals surface area contributed by atoms with E-state index >= 15 is 0 Å². The fourth-order valence-corrected chi connectivity index (χ4v) is 3.97. The van der Waals surface area contributed by atoms with E-state index in [1.54, 1.807) is 11.3 Å². The average Bonchev–Trinajstić information content (AvgIpc) is 2.92. The minimum atomic E-state index is -0.00190. The summed E-state index contributed by atoms with van der Waals surface area (Å²) in [6, 6.07) is 2.01. The number of aromatic nitrogens is 3. The summed E-state index contributed by atoms with van der Waals surface area (Å²) in [7, 11) is 0. The molecule has 1 aliphatic heterocycles. The standard InChI is InChI=1S/C16H19N5OS/c1-3-10-13(21-6-4-17-5-7-21)14(22)12-15(18-10)19-11-8-9(2)23-16(11)20-12/h8,17H,3-7H2,1-2H3,(H,18,19,22). The molecule has 6 nitrogen and oxygen atoms in total. The van der Waals surface area contributed by atoms with Gasteiger partial charge in [0.05, 0.1) is 0 Å². The molecule has 3 aromatic rings. The van der Waals surface area contributed by atoms with Crippen molar-refractivity contribution in [2.45, 2.75) is 20.3 Å². The van der Waals surface area contributed by atoms with Crippen molar-refractivity contribution < 1.29 is 0 Å². The van der Waals surface area contributed by atoms with Crippen LogP contribution in [0.1, 0.15) is 17.5 Å². The van der Waals surface area contributed by atoms with E-state index < -0.39 is 0 Å². The molecule has 23 heavy (non-hydrogen) atoms. The Morgan fingerprint density at radius 2 is 2.09 bits per heavy atom. The highest BCUT2D eigenvalue weighted by Gasteiger charge is 2.21. The Morgan fingerprint density at radius 3 is 2.83 bits per heavy atom. The van der Waals surface area contributed by atoms with Crippen LogP contribution in [0.5, 0.6) is 0 Å². The van der Waals surface area contributed by atoms with Crippen molar-refractivity contribution in [2.75, 3.05) is 31.1 Å². The van der Waals surface area contributed by atoms with Gasteiger partial charge in [0.15, 0.2) is 11.2 Å². The molecule has 7 heteroatoms. The first-order valence-electron chi connectivity index (χ1n) is 7.96. The maximum absolute atomic E-state index is 13.1. The van der Waals surface area contributed by atoms with Gasteiger partial charge >= 0.3 is 0 Å². The van der Waals surface area contributed by atoms with Gasteiger partial charge in [0.1, 0.15) is 16.0 Å². The monoisotopic (exact) mass is 329 g/mol. The third-order valence-corrected chi connectivity index (χ3v) is 5.19. The van der Waals surface area contributed by atoms with E-state index in [4.69, 9.17) is 0 Å². The Labute approximate surface area is 137 Å². The Balaban J connectivity index is 1.99. The van der Waals surface area contributed by atoms with E-state index in [1.807, 2.05) is 13.0 Å². The van der Waals surface area contributed by atoms with Crippen molar-refractivity contribution in [1.29, 1.82) is 0 Å². The summed E-state index contributed by atoms with van der Waals surface area (Å²) in [5.74, 6) is 0. The van der Waals surface area contributed by atoms with E-state index in [1.165, 1.54) is 0 Å². The molecule has 4 rings (SSSR count). The van der Waals surface area contributed by atoms with Crippen LogP contribution in [0.2, 0.25) is 0 Å². The van der Waals surface area contributed by atoms with Crippen LogP contribution in [-0.2, 0) is 6.42 Å². The van der Waals surface area contributed by atoms with Crippen LogP contribution >= 0.6 is 11.3 Å². The van der Waals surface area contributed by atoms with Crippen molar-refractivity contribution in [1.82, 2.24) is 20.3 Å². The molecule has 120 valence electrons. The van der Waals surface area contributed by atoms with Crippen LogP contribution in [0.15, 0.2) is 10.9 Å². The highest BCUT2D eigenvalue weighted by molar-refractivity contribution is 7.18. The molecule has 0 aliphatic carbocycles. The lowest BCUT2D eigenvalue weighted by Crippen LogP contribution is -2.45. The Hall–Kier alpha value is -1.99. The first-order chi connectivity index (χ1) is 11.2. The number of piperazine rings is 1. The third kappa shape index (κ3) is 2.40. The van der Waals surface area contributed by atoms with Gasteiger partial charge in [-0.05, 0) is 19.4 Å². The molecule has 4 heterocycles. The Kier molecular flexibility index (Phi) is 3.54. The first-order valence-corrected chi connectivity index (χ1v) is 8.77. The van der Waals surface area contributed by atoms with Crippen molar-refractivity contribution in [2.24, 2.45) is 0 Å². The SMILES string of the molecule is CCc1[nH]c2nc3cc(C)sc3nc2c(=O)c1N1CCNCC1. The van der Waals surface area contributed by atoms with E-state index in [0.29, 0.717) is 11.2 Å². The summed E-state index contributed by atoms with van der Waals surface area (Å²) in [5, 5.41) is 3.33. The van der Waals surface area contributed by atoms with Crippen LogP contribution in [0.3, 0.4) is 0 Å². The minimum absolute atomic E-state index is 0.00190. The summed E-state index contributed by atoms with van der Waals surface area (Å²) in [4.78, 5) is 29.8. The van der Waals surface area contributed by atoms with E-state index in [2.05, 4.69) is 32.1 Å². The predicted octanol–water partition coefficient (Wildman–Crippen LogP) is 1.81. The van der Waals surface area contributed by atoms with Crippen LogP contribution < -0.4 is 15.6 Å². The number of aryl methyl sites for hydroxylation is 2. The number of hydrogen-bond donors (Lipinski definition) is 2. The molecule has 0 bridgehead atoms. The highest BCUT2D eigenvalue weighted by atomic mass is 32.1. The van der Waals surface area contributed by atoms with Crippen molar-refractivity contribution in [3.8, 4) is 0 Å². The van der Waals surface area contributed by atoms with Gasteiger partial charge in [0.2, 0.25) is 5.43 Å². The molecule has 0 atom stereocenters. The van der Waals surface area contributed by atoms with E-state index in [-0.39, 0.29) is 5.43 Å². The molecule has 0 aromatic carbocycles. The van der Waals surface area contributed by atoms with Gasteiger partial charge < -0.3 is 15.2 Å². The summed E-state index contributed by atoms with van der Waals surface area (Å²) in [6.07, 6.45) is 0.771. The zero-order valence-electron chi connectivity index (χ0n) is 13.3. The number of fused-ring (bicyclic) bond motifs is 2. The molecule has 1 fully saturated rings. The average molecular weight is 329 g/mol. The second kappa shape index (κ2) is 5.58. The van der Waals surface area contributed by atoms with Crippen LogP contribution in [-0.4, -0.2) is 41.1 Å². The fourth-order valence-electron chi connectivity index (χ4n) is 3.15. The van der Waals surface area contributed by atoms with Crippen LogP contribution in [0.4, 0.5) is 5.69 Å². The first kappa shape index (κ1) is 14.6. The van der Waals surface area contributed by atoms with Crippen LogP contribution in [0, 0.1) is 6.92 Å². The lowest BCUT2D eigenvalue weighted by Gasteiger charge is -2.30. The molecule has 2 N–H and O–H groups in total. The van der Waals surface area contributed by atoms with Crippen LogP contribution in [0.25, 0.3) is 21.5 Å². The maximum atomic E-state index is 13.1. The minimum Gasteiger partial charge on any atom is -0.364 e. The highest BCUT2D eigenvalue weighted by Crippen LogP contribution is 2.25. The van der Waals surface area contributed by atoms with Gasteiger partial charge in [-0.1, -0.05) is 6.92 Å². The molecule has 3 aromatic heterocycles. The number of rotatable bonds is 2. The van der Waals surface area contributed by atoms with Gasteiger partial charge in [-0.2, -0.15) is 0 Å². The van der Waals surface area contributed by atoms with Crippen molar-refractivity contribution in [3.05, 3.63) is 26.9 Å². The lowest BCUT2D eigenvalue weighted by molar-refractivity contribution is 0.586. The fraction of sp³-hybridized carbons (Fsp3) is 0.438. The Bertz CT molecular complexity index is 939. The van der Waals surface area contributed by atoms with E-state index in [9.17, 15) is 4.79 Å². The molecule has 0 amide bonds. The van der Waals surface area contributed by atoms with E-state index in [0.717, 1.165) is 59.2 Å². The molecular formula is C16H19N5OS. The quantitative estimate of drug-likeness (QED) is 0.750. The number of aromatic amines is 1. The van der Waals surface area contributed by atoms with Gasteiger partial charge in [0.25, 0.3) is 0 Å². The molecule has 0 radical (unpaired) electrons. The number of thiophene rings is 1. The largest absolute Gasteiger partial charge is 0.364 e. The number of anilines is 1. The zero-order valence-corrected chi connectivity index (χ0v) is 14.1. The number of pyridine rings is 1. The Morgan fingerprint density at radius 1 is 1.30 bits per heavy atom. The van der Waals surface area contributed by atoms with Gasteiger partial charge in [0, 0.05) is 36.8 Å². The number of hydrogen-bond acceptors (Lipinski definition) is 6. The normalized spacial score (nSPS) is 15.7. The van der Waals surface area contributed by atoms with Crippen molar-refractivity contribution in [3.63, 3.8) is 0 Å². The number of nitrogens with one attached hydrogen (secondary N) is 2. The van der Waals surface area contributed by atoms with Gasteiger partial charge in [-0.15, -0.1) is 11.3 Å². The lowest BCUT2D eigenvalue weighted by atomic mass is 10.2. The summed E-state index contributed by atoms with van der Waals surface area (Å²) in [6.45, 7) is 7.57. The molecule has 1 saturated heterocycles. The molecule has 0 spiro atoms. The third-order valence-electron chi connectivity index (χ3n) is 4.26. The van der Waals surface area contributed by atoms with Gasteiger partial charge in [-0.25, -0.2) is 9.97 Å². The predicted molar refractivity (Wildman–Crippen MR) is 94.7 cm³/mol. The van der Waals surface area contributed by atoms with Gasteiger partial charge in [-0.3, -0.25) is 4.79 Å². The molecular weight excluding hydrogens is 310 g/mol. The summed E-state index contributed by atoms with van der Waals surface area (Å²) >= 11 is 1.58. The second-order valence-corrected chi connectivity index (χ2v) is 7.07. The maximum Gasteiger partial charge on any atom is 0.233 e. The molecule has 0 saturated carbocycles. The second-order valence-electron chi connectivity index (χ2n) is 5.84.